The molecule has 1 aromatic carbocycles. The lowest BCUT2D eigenvalue weighted by Gasteiger charge is -2.17. The van der Waals surface area contributed by atoms with Gasteiger partial charge in [-0.15, -0.1) is 0 Å². The van der Waals surface area contributed by atoms with E-state index in [9.17, 15) is 9.90 Å². The average Bonchev–Trinajstić information content (AvgIpc) is 2.38. The zero-order valence-electron chi connectivity index (χ0n) is 11.1. The summed E-state index contributed by atoms with van der Waals surface area (Å²) in [6, 6.07) is 5.39. The molecule has 5 nitrogen and oxygen atoms in total. The first-order valence-electron chi connectivity index (χ1n) is 5.82. The third kappa shape index (κ3) is 3.92. The van der Waals surface area contributed by atoms with Crippen LogP contribution in [0.1, 0.15) is 12.0 Å². The van der Waals surface area contributed by atoms with E-state index >= 15 is 0 Å². The summed E-state index contributed by atoms with van der Waals surface area (Å²) in [5.74, 6) is 0.635. The number of para-hydroxylation sites is 1. The third-order valence-electron chi connectivity index (χ3n) is 2.74. The van der Waals surface area contributed by atoms with Crippen LogP contribution in [-0.4, -0.2) is 43.7 Å². The van der Waals surface area contributed by atoms with Crippen LogP contribution in [-0.2, 0) is 11.3 Å². The molecule has 0 unspecified atom stereocenters. The van der Waals surface area contributed by atoms with E-state index in [-0.39, 0.29) is 11.7 Å². The van der Waals surface area contributed by atoms with Crippen molar-refractivity contribution in [3.63, 3.8) is 0 Å². The Morgan fingerprint density at radius 1 is 1.50 bits per heavy atom. The predicted molar refractivity (Wildman–Crippen MR) is 69.7 cm³/mol. The van der Waals surface area contributed by atoms with Gasteiger partial charge in [-0.1, -0.05) is 12.1 Å². The van der Waals surface area contributed by atoms with Gasteiger partial charge in [0, 0.05) is 32.1 Å². The van der Waals surface area contributed by atoms with Crippen molar-refractivity contribution in [1.29, 1.82) is 0 Å². The van der Waals surface area contributed by atoms with Gasteiger partial charge in [0.25, 0.3) is 0 Å². The van der Waals surface area contributed by atoms with Gasteiger partial charge in [0.2, 0.25) is 5.91 Å². The second-order valence-electron chi connectivity index (χ2n) is 4.13. The van der Waals surface area contributed by atoms with Gasteiger partial charge in [0.15, 0.2) is 11.5 Å². The Bertz CT molecular complexity index is 407. The lowest BCUT2D eigenvalue weighted by Crippen LogP contribution is -2.26. The van der Waals surface area contributed by atoms with Crippen LogP contribution in [0.2, 0.25) is 0 Å². The Labute approximate surface area is 107 Å². The third-order valence-corrected chi connectivity index (χ3v) is 2.74. The van der Waals surface area contributed by atoms with Crippen LogP contribution in [0.15, 0.2) is 18.2 Å². The minimum Gasteiger partial charge on any atom is -0.504 e. The summed E-state index contributed by atoms with van der Waals surface area (Å²) in [6.45, 7) is 1.20. The van der Waals surface area contributed by atoms with Gasteiger partial charge in [0.05, 0.1) is 7.11 Å². The van der Waals surface area contributed by atoms with Crippen LogP contribution in [0.3, 0.4) is 0 Å². The van der Waals surface area contributed by atoms with E-state index < -0.39 is 0 Å². The van der Waals surface area contributed by atoms with Crippen LogP contribution >= 0.6 is 0 Å². The first-order chi connectivity index (χ1) is 8.58. The van der Waals surface area contributed by atoms with Gasteiger partial charge in [-0.25, -0.2) is 0 Å². The van der Waals surface area contributed by atoms with Crippen molar-refractivity contribution in [1.82, 2.24) is 10.2 Å². The number of benzene rings is 1. The molecule has 0 saturated carbocycles. The van der Waals surface area contributed by atoms with Crippen LogP contribution in [0.4, 0.5) is 0 Å². The molecule has 18 heavy (non-hydrogen) atoms. The van der Waals surface area contributed by atoms with Crippen LogP contribution in [0.25, 0.3) is 0 Å². The monoisotopic (exact) mass is 252 g/mol. The highest BCUT2D eigenvalue weighted by Crippen LogP contribution is 2.29. The number of ether oxygens (including phenoxy) is 1. The van der Waals surface area contributed by atoms with E-state index in [2.05, 4.69) is 5.32 Å². The Kier molecular flexibility index (Phi) is 5.45. The van der Waals surface area contributed by atoms with Crippen LogP contribution in [0.5, 0.6) is 11.5 Å². The summed E-state index contributed by atoms with van der Waals surface area (Å²) < 4.78 is 5.05. The Morgan fingerprint density at radius 3 is 2.83 bits per heavy atom. The van der Waals surface area contributed by atoms with E-state index in [1.807, 2.05) is 24.1 Å². The number of carbonyl (C=O) groups is 1. The SMILES string of the molecule is CNC(=O)CCN(C)Cc1cccc(OC)c1O. The number of hydrogen-bond donors (Lipinski definition) is 2. The lowest BCUT2D eigenvalue weighted by molar-refractivity contribution is -0.120. The predicted octanol–water partition coefficient (Wildman–Crippen LogP) is 0.969. The van der Waals surface area contributed by atoms with Gasteiger partial charge in [-0.3, -0.25) is 4.79 Å². The Balaban J connectivity index is 2.59. The average molecular weight is 252 g/mol. The molecular weight excluding hydrogens is 232 g/mol. The fraction of sp³-hybridized carbons (Fsp3) is 0.462. The first kappa shape index (κ1) is 14.3. The van der Waals surface area contributed by atoms with Crippen molar-refractivity contribution in [3.05, 3.63) is 23.8 Å². The van der Waals surface area contributed by atoms with Gasteiger partial charge < -0.3 is 20.1 Å². The summed E-state index contributed by atoms with van der Waals surface area (Å²) in [5, 5.41) is 12.5. The van der Waals surface area contributed by atoms with Gasteiger partial charge in [-0.2, -0.15) is 0 Å². The summed E-state index contributed by atoms with van der Waals surface area (Å²) >= 11 is 0. The topological polar surface area (TPSA) is 61.8 Å². The number of aromatic hydroxyl groups is 1. The standard InChI is InChI=1S/C13H20N2O3/c1-14-12(16)7-8-15(2)9-10-5-4-6-11(18-3)13(10)17/h4-6,17H,7-9H2,1-3H3,(H,14,16). The number of carbonyl (C=O) groups excluding carboxylic acids is 1. The van der Waals surface area contributed by atoms with Crippen molar-refractivity contribution in [2.24, 2.45) is 0 Å². The smallest absolute Gasteiger partial charge is 0.221 e. The summed E-state index contributed by atoms with van der Waals surface area (Å²) in [5.41, 5.74) is 0.786. The van der Waals surface area contributed by atoms with E-state index in [4.69, 9.17) is 4.74 Å². The Hall–Kier alpha value is -1.75. The number of phenolic OH excluding ortho intramolecular Hbond substituents is 1. The number of nitrogens with zero attached hydrogens (tertiary/aromatic N) is 1. The zero-order chi connectivity index (χ0) is 13.5. The molecular formula is C13H20N2O3. The molecule has 1 rings (SSSR count). The maximum atomic E-state index is 11.1. The van der Waals surface area contributed by atoms with E-state index in [0.717, 1.165) is 5.56 Å². The van der Waals surface area contributed by atoms with Crippen molar-refractivity contribution in [2.45, 2.75) is 13.0 Å². The highest BCUT2D eigenvalue weighted by atomic mass is 16.5. The van der Waals surface area contributed by atoms with Gasteiger partial charge in [-0.05, 0) is 13.1 Å². The molecule has 5 heteroatoms. The normalized spacial score (nSPS) is 10.4. The molecule has 0 aliphatic carbocycles. The fourth-order valence-electron chi connectivity index (χ4n) is 1.65. The maximum Gasteiger partial charge on any atom is 0.221 e. The number of rotatable bonds is 6. The van der Waals surface area contributed by atoms with E-state index in [1.54, 1.807) is 13.1 Å². The van der Waals surface area contributed by atoms with Gasteiger partial charge >= 0.3 is 0 Å². The second kappa shape index (κ2) is 6.86. The van der Waals surface area contributed by atoms with Crippen LogP contribution < -0.4 is 10.1 Å². The molecule has 0 atom stereocenters. The largest absolute Gasteiger partial charge is 0.504 e. The zero-order valence-corrected chi connectivity index (χ0v) is 11.1. The molecule has 0 aromatic heterocycles. The number of amides is 1. The molecule has 0 heterocycles. The number of phenols is 1. The molecule has 0 bridgehead atoms. The molecule has 2 N–H and O–H groups in total. The molecule has 0 aliphatic heterocycles. The van der Waals surface area contributed by atoms with Crippen molar-refractivity contribution >= 4 is 5.91 Å². The van der Waals surface area contributed by atoms with E-state index in [0.29, 0.717) is 25.3 Å². The van der Waals surface area contributed by atoms with E-state index in [1.165, 1.54) is 7.11 Å². The number of nitrogens with one attached hydrogen (secondary N) is 1. The van der Waals surface area contributed by atoms with Crippen molar-refractivity contribution < 1.29 is 14.6 Å². The fourth-order valence-corrected chi connectivity index (χ4v) is 1.65. The molecule has 1 amide bonds. The Morgan fingerprint density at radius 2 is 2.22 bits per heavy atom. The first-order valence-corrected chi connectivity index (χ1v) is 5.82. The molecule has 0 aliphatic rings. The summed E-state index contributed by atoms with van der Waals surface area (Å²) in [6.07, 6.45) is 0.442. The maximum absolute atomic E-state index is 11.1. The second-order valence-corrected chi connectivity index (χ2v) is 4.13. The van der Waals surface area contributed by atoms with Crippen LogP contribution in [0, 0.1) is 0 Å². The highest BCUT2D eigenvalue weighted by molar-refractivity contribution is 5.75. The molecule has 100 valence electrons. The number of hydrogen-bond acceptors (Lipinski definition) is 4. The highest BCUT2D eigenvalue weighted by Gasteiger charge is 2.10. The number of methoxy groups -OCH3 is 1. The quantitative estimate of drug-likeness (QED) is 0.792. The molecule has 0 saturated heterocycles. The summed E-state index contributed by atoms with van der Waals surface area (Å²) in [4.78, 5) is 13.1. The van der Waals surface area contributed by atoms with Crippen molar-refractivity contribution in [3.8, 4) is 11.5 Å². The molecule has 0 spiro atoms. The minimum absolute atomic E-state index is 0.0108. The molecule has 0 radical (unpaired) electrons. The van der Waals surface area contributed by atoms with Crippen molar-refractivity contribution in [2.75, 3.05) is 27.7 Å². The molecule has 1 aromatic rings. The minimum atomic E-state index is 0.0108. The summed E-state index contributed by atoms with van der Waals surface area (Å²) in [7, 11) is 5.05. The van der Waals surface area contributed by atoms with Gasteiger partial charge in [0.1, 0.15) is 0 Å². The lowest BCUT2D eigenvalue weighted by atomic mass is 10.1. The molecule has 0 fully saturated rings.